The molecule has 3 rings (SSSR count). The molecule has 1 heterocycles. The third-order valence-electron chi connectivity index (χ3n) is 4.79. The molecule has 0 saturated heterocycles. The summed E-state index contributed by atoms with van der Waals surface area (Å²) in [6, 6.07) is 15.4. The number of amides is 1. The Kier molecular flexibility index (Phi) is 7.52. The summed E-state index contributed by atoms with van der Waals surface area (Å²) < 4.78 is 34.3. The van der Waals surface area contributed by atoms with Crippen LogP contribution in [0, 0.1) is 13.8 Å². The fraction of sp³-hybridized carbons (Fsp3) is 0.217. The van der Waals surface area contributed by atoms with Crippen molar-refractivity contribution in [2.75, 3.05) is 10.8 Å². The lowest BCUT2D eigenvalue weighted by atomic mass is 10.1. The number of hydrogen-bond donors (Lipinski definition) is 1. The van der Waals surface area contributed by atoms with Crippen molar-refractivity contribution in [1.29, 1.82) is 0 Å². The van der Waals surface area contributed by atoms with Crippen LogP contribution in [0.3, 0.4) is 0 Å². The van der Waals surface area contributed by atoms with Gasteiger partial charge in [-0.05, 0) is 60.0 Å². The molecule has 0 spiro atoms. The lowest BCUT2D eigenvalue weighted by Crippen LogP contribution is -2.40. The molecule has 9 heteroatoms. The highest BCUT2D eigenvalue weighted by Crippen LogP contribution is 2.27. The third-order valence-corrected chi connectivity index (χ3v) is 7.36. The summed E-state index contributed by atoms with van der Waals surface area (Å²) in [6.07, 6.45) is 1.97. The number of anilines is 1. The van der Waals surface area contributed by atoms with Crippen molar-refractivity contribution >= 4 is 43.8 Å². The molecule has 7 nitrogen and oxygen atoms in total. The van der Waals surface area contributed by atoms with Crippen molar-refractivity contribution in [3.8, 4) is 0 Å². The SMILES string of the molecule is CCc1ccccc1N(CC(=O)NN=Cc1cc(Br)c(C)o1)S(=O)(=O)c1ccc(C)cc1. The number of nitrogens with one attached hydrogen (secondary N) is 1. The molecule has 0 aliphatic heterocycles. The van der Waals surface area contributed by atoms with E-state index < -0.39 is 22.5 Å². The highest BCUT2D eigenvalue weighted by Gasteiger charge is 2.28. The number of carbonyl (C=O) groups is 1. The first-order chi connectivity index (χ1) is 15.2. The first-order valence-corrected chi connectivity index (χ1v) is 12.2. The quantitative estimate of drug-likeness (QED) is 0.350. The molecule has 0 bridgehead atoms. The van der Waals surface area contributed by atoms with Crippen LogP contribution in [0.1, 0.15) is 29.6 Å². The van der Waals surface area contributed by atoms with Gasteiger partial charge in [0, 0.05) is 6.07 Å². The Morgan fingerprint density at radius 1 is 1.16 bits per heavy atom. The van der Waals surface area contributed by atoms with Crippen LogP contribution < -0.4 is 9.73 Å². The number of halogens is 1. The van der Waals surface area contributed by atoms with Crippen LogP contribution in [0.2, 0.25) is 0 Å². The summed E-state index contributed by atoms with van der Waals surface area (Å²) >= 11 is 3.34. The van der Waals surface area contributed by atoms with Crippen LogP contribution in [0.4, 0.5) is 5.69 Å². The van der Waals surface area contributed by atoms with Gasteiger partial charge in [0.25, 0.3) is 15.9 Å². The van der Waals surface area contributed by atoms with Crippen molar-refractivity contribution in [2.24, 2.45) is 5.10 Å². The largest absolute Gasteiger partial charge is 0.459 e. The molecule has 0 atom stereocenters. The molecular weight excluding hydrogens is 494 g/mol. The summed E-state index contributed by atoms with van der Waals surface area (Å²) in [5.74, 6) is 0.560. The van der Waals surface area contributed by atoms with E-state index in [0.717, 1.165) is 19.9 Å². The van der Waals surface area contributed by atoms with Crippen molar-refractivity contribution in [3.63, 3.8) is 0 Å². The summed E-state index contributed by atoms with van der Waals surface area (Å²) in [5.41, 5.74) is 4.59. The molecule has 1 aromatic heterocycles. The number of rotatable bonds is 8. The van der Waals surface area contributed by atoms with Gasteiger partial charge in [0.05, 0.1) is 21.3 Å². The molecule has 1 N–H and O–H groups in total. The number of carbonyl (C=O) groups excluding carboxylic acids is 1. The average molecular weight is 518 g/mol. The Morgan fingerprint density at radius 2 is 1.84 bits per heavy atom. The van der Waals surface area contributed by atoms with E-state index in [1.807, 2.05) is 26.0 Å². The Balaban J connectivity index is 1.88. The van der Waals surface area contributed by atoms with Crippen molar-refractivity contribution in [2.45, 2.75) is 32.1 Å². The molecule has 0 saturated carbocycles. The fourth-order valence-corrected chi connectivity index (χ4v) is 4.83. The summed E-state index contributed by atoms with van der Waals surface area (Å²) in [6.45, 7) is 5.18. The molecule has 3 aromatic rings. The van der Waals surface area contributed by atoms with Gasteiger partial charge >= 0.3 is 0 Å². The number of hydrazone groups is 1. The van der Waals surface area contributed by atoms with Crippen molar-refractivity contribution in [3.05, 3.63) is 81.7 Å². The van der Waals surface area contributed by atoms with E-state index in [0.29, 0.717) is 23.6 Å². The number of para-hydroxylation sites is 1. The summed E-state index contributed by atoms with van der Waals surface area (Å²) in [5, 5.41) is 3.89. The topological polar surface area (TPSA) is 92.0 Å². The van der Waals surface area contributed by atoms with Gasteiger partial charge in [0.15, 0.2) is 0 Å². The zero-order valence-corrected chi connectivity index (χ0v) is 20.4. The molecule has 168 valence electrons. The minimum Gasteiger partial charge on any atom is -0.459 e. The summed E-state index contributed by atoms with van der Waals surface area (Å²) in [4.78, 5) is 12.8. The van der Waals surface area contributed by atoms with Crippen LogP contribution >= 0.6 is 15.9 Å². The minimum atomic E-state index is -3.98. The van der Waals surface area contributed by atoms with E-state index in [4.69, 9.17) is 4.42 Å². The zero-order chi connectivity index (χ0) is 23.3. The zero-order valence-electron chi connectivity index (χ0n) is 18.0. The van der Waals surface area contributed by atoms with Crippen LogP contribution in [0.25, 0.3) is 0 Å². The Labute approximate surface area is 196 Å². The molecule has 0 aliphatic rings. The van der Waals surface area contributed by atoms with Crippen LogP contribution in [-0.2, 0) is 21.2 Å². The fourth-order valence-electron chi connectivity index (χ4n) is 3.07. The number of hydrogen-bond acceptors (Lipinski definition) is 5. The normalized spacial score (nSPS) is 11.6. The first-order valence-electron chi connectivity index (χ1n) is 9.97. The predicted octanol–water partition coefficient (Wildman–Crippen LogP) is 4.57. The molecule has 1 amide bonds. The lowest BCUT2D eigenvalue weighted by molar-refractivity contribution is -0.119. The highest BCUT2D eigenvalue weighted by atomic mass is 79.9. The smallest absolute Gasteiger partial charge is 0.264 e. The van der Waals surface area contributed by atoms with Crippen LogP contribution in [0.15, 0.2) is 73.5 Å². The second kappa shape index (κ2) is 10.1. The van der Waals surface area contributed by atoms with Gasteiger partial charge in [0.2, 0.25) is 0 Å². The Hall–Kier alpha value is -2.91. The van der Waals surface area contributed by atoms with E-state index in [1.54, 1.807) is 49.4 Å². The van der Waals surface area contributed by atoms with Gasteiger partial charge in [-0.2, -0.15) is 5.10 Å². The van der Waals surface area contributed by atoms with Crippen LogP contribution in [-0.4, -0.2) is 27.1 Å². The summed E-state index contributed by atoms with van der Waals surface area (Å²) in [7, 11) is -3.98. The molecular formula is C23H24BrN3O4S. The predicted molar refractivity (Wildman–Crippen MR) is 128 cm³/mol. The lowest BCUT2D eigenvalue weighted by Gasteiger charge is -2.25. The number of furan rings is 1. The van der Waals surface area contributed by atoms with E-state index in [9.17, 15) is 13.2 Å². The molecule has 2 aromatic carbocycles. The van der Waals surface area contributed by atoms with Gasteiger partial charge in [0.1, 0.15) is 18.1 Å². The molecule has 0 radical (unpaired) electrons. The third kappa shape index (κ3) is 5.46. The van der Waals surface area contributed by atoms with Crippen molar-refractivity contribution in [1.82, 2.24) is 5.43 Å². The van der Waals surface area contributed by atoms with Crippen molar-refractivity contribution < 1.29 is 17.6 Å². The molecule has 32 heavy (non-hydrogen) atoms. The molecule has 0 fully saturated rings. The number of sulfonamides is 1. The second-order valence-electron chi connectivity index (χ2n) is 7.15. The van der Waals surface area contributed by atoms with Gasteiger partial charge < -0.3 is 4.42 Å². The van der Waals surface area contributed by atoms with E-state index in [-0.39, 0.29) is 4.90 Å². The first kappa shape index (κ1) is 23.7. The average Bonchev–Trinajstić information content (AvgIpc) is 3.09. The highest BCUT2D eigenvalue weighted by molar-refractivity contribution is 9.10. The minimum absolute atomic E-state index is 0.112. The van der Waals surface area contributed by atoms with Gasteiger partial charge in [-0.25, -0.2) is 13.8 Å². The van der Waals surface area contributed by atoms with Gasteiger partial charge in [-0.15, -0.1) is 0 Å². The second-order valence-corrected chi connectivity index (χ2v) is 9.87. The number of benzene rings is 2. The molecule has 0 aliphatic carbocycles. The maximum absolute atomic E-state index is 13.5. The Bertz CT molecular complexity index is 1210. The molecule has 0 unspecified atom stereocenters. The number of nitrogens with zero attached hydrogens (tertiary/aromatic N) is 2. The van der Waals surface area contributed by atoms with Crippen LogP contribution in [0.5, 0.6) is 0 Å². The maximum Gasteiger partial charge on any atom is 0.264 e. The van der Waals surface area contributed by atoms with Gasteiger partial charge in [-0.1, -0.05) is 42.8 Å². The maximum atomic E-state index is 13.5. The monoisotopic (exact) mass is 517 g/mol. The standard InChI is InChI=1S/C23H24BrN3O4S/c1-4-18-7-5-6-8-22(18)27(32(29,30)20-11-9-16(2)10-12-20)15-23(28)26-25-14-19-13-21(24)17(3)31-19/h5-14H,4,15H2,1-3H3,(H,26,28). The Morgan fingerprint density at radius 3 is 2.47 bits per heavy atom. The van der Waals surface area contributed by atoms with E-state index in [2.05, 4.69) is 26.5 Å². The van der Waals surface area contributed by atoms with Gasteiger partial charge in [-0.3, -0.25) is 9.10 Å². The van der Waals surface area contributed by atoms with E-state index in [1.165, 1.54) is 6.21 Å². The van der Waals surface area contributed by atoms with E-state index >= 15 is 0 Å². The number of aryl methyl sites for hydroxylation is 3.